The van der Waals surface area contributed by atoms with Crippen molar-refractivity contribution in [3.63, 3.8) is 0 Å². The lowest BCUT2D eigenvalue weighted by atomic mass is 10.1. The summed E-state index contributed by atoms with van der Waals surface area (Å²) in [5.41, 5.74) is 2.48. The van der Waals surface area contributed by atoms with E-state index < -0.39 is 0 Å². The van der Waals surface area contributed by atoms with Crippen LogP contribution in [-0.4, -0.2) is 25.0 Å². The van der Waals surface area contributed by atoms with Gasteiger partial charge in [0, 0.05) is 31.2 Å². The van der Waals surface area contributed by atoms with Crippen LogP contribution >= 0.6 is 0 Å². The van der Waals surface area contributed by atoms with Crippen molar-refractivity contribution in [2.45, 2.75) is 64.8 Å². The number of nitrogens with zero attached hydrogens (tertiary/aromatic N) is 1. The van der Waals surface area contributed by atoms with Crippen molar-refractivity contribution < 1.29 is 4.79 Å². The van der Waals surface area contributed by atoms with Gasteiger partial charge in [0.05, 0.1) is 0 Å². The Morgan fingerprint density at radius 1 is 1.23 bits per heavy atom. The third-order valence-corrected chi connectivity index (χ3v) is 4.58. The zero-order valence-electron chi connectivity index (χ0n) is 14.1. The number of nitrogens with one attached hydrogen (secondary N) is 1. The number of amides is 1. The third kappa shape index (κ3) is 5.36. The van der Waals surface area contributed by atoms with Gasteiger partial charge in [-0.25, -0.2) is 0 Å². The van der Waals surface area contributed by atoms with Crippen LogP contribution in [-0.2, 0) is 4.79 Å². The van der Waals surface area contributed by atoms with E-state index in [4.69, 9.17) is 0 Å². The molecule has 1 aliphatic carbocycles. The number of rotatable bonds is 6. The first-order valence-electron chi connectivity index (χ1n) is 8.80. The molecule has 1 saturated carbocycles. The fraction of sp³-hybridized carbons (Fsp3) is 0.632. The van der Waals surface area contributed by atoms with E-state index in [-0.39, 0.29) is 5.91 Å². The quantitative estimate of drug-likeness (QED) is 0.804. The van der Waals surface area contributed by atoms with E-state index in [2.05, 4.69) is 48.3 Å². The number of hydrogen-bond donors (Lipinski definition) is 1. The predicted octanol–water partition coefficient (Wildman–Crippen LogP) is 4.05. The van der Waals surface area contributed by atoms with E-state index in [0.717, 1.165) is 25.9 Å². The second-order valence-electron chi connectivity index (χ2n) is 6.42. The second kappa shape index (κ2) is 8.82. The summed E-state index contributed by atoms with van der Waals surface area (Å²) < 4.78 is 0. The Kier molecular flexibility index (Phi) is 6.75. The molecule has 0 bridgehead atoms. The maximum atomic E-state index is 12.2. The van der Waals surface area contributed by atoms with Crippen molar-refractivity contribution in [2.75, 3.05) is 18.0 Å². The van der Waals surface area contributed by atoms with E-state index in [1.807, 2.05) is 0 Å². The van der Waals surface area contributed by atoms with E-state index in [1.54, 1.807) is 0 Å². The smallest absolute Gasteiger partial charge is 0.221 e. The molecule has 0 spiro atoms. The summed E-state index contributed by atoms with van der Waals surface area (Å²) in [6.45, 7) is 5.97. The highest BCUT2D eigenvalue weighted by molar-refractivity contribution is 5.76. The molecule has 3 heteroatoms. The fourth-order valence-corrected chi connectivity index (χ4v) is 3.25. The Morgan fingerprint density at radius 3 is 2.59 bits per heavy atom. The highest BCUT2D eigenvalue weighted by Crippen LogP contribution is 2.18. The zero-order chi connectivity index (χ0) is 15.8. The van der Waals surface area contributed by atoms with Crippen LogP contribution in [0.25, 0.3) is 0 Å². The molecule has 0 atom stereocenters. The van der Waals surface area contributed by atoms with Gasteiger partial charge in [0.1, 0.15) is 0 Å². The van der Waals surface area contributed by atoms with Crippen LogP contribution in [0.15, 0.2) is 24.3 Å². The number of hydrogen-bond acceptors (Lipinski definition) is 2. The molecule has 0 saturated heterocycles. The van der Waals surface area contributed by atoms with Crippen LogP contribution in [0.5, 0.6) is 0 Å². The topological polar surface area (TPSA) is 32.3 Å². The minimum absolute atomic E-state index is 0.206. The lowest BCUT2D eigenvalue weighted by Gasteiger charge is -2.24. The van der Waals surface area contributed by atoms with Crippen molar-refractivity contribution in [1.29, 1.82) is 0 Å². The maximum Gasteiger partial charge on any atom is 0.221 e. The summed E-state index contributed by atoms with van der Waals surface area (Å²) in [5.74, 6) is 0.206. The highest BCUT2D eigenvalue weighted by Gasteiger charge is 2.15. The molecule has 0 aromatic heterocycles. The first-order valence-corrected chi connectivity index (χ1v) is 8.80. The van der Waals surface area contributed by atoms with Gasteiger partial charge in [-0.05, 0) is 44.4 Å². The maximum absolute atomic E-state index is 12.2. The van der Waals surface area contributed by atoms with Gasteiger partial charge in [-0.1, -0.05) is 37.8 Å². The molecule has 1 aromatic rings. The fourth-order valence-electron chi connectivity index (χ4n) is 3.25. The molecule has 1 aliphatic rings. The van der Waals surface area contributed by atoms with Crippen LogP contribution in [0.1, 0.15) is 57.4 Å². The van der Waals surface area contributed by atoms with Crippen molar-refractivity contribution in [3.8, 4) is 0 Å². The molecule has 1 amide bonds. The normalized spacial score (nSPS) is 16.1. The summed E-state index contributed by atoms with van der Waals surface area (Å²) in [7, 11) is 0. The van der Waals surface area contributed by atoms with Crippen molar-refractivity contribution >= 4 is 11.6 Å². The Labute approximate surface area is 135 Å². The molecule has 2 rings (SSSR count). The molecule has 0 radical (unpaired) electrons. The standard InChI is InChI=1S/C19H30N2O/c1-3-21(18-12-8-9-16(2)15-18)14-13-19(22)20-17-10-6-4-5-7-11-17/h8-9,12,15,17H,3-7,10-11,13-14H2,1-2H3,(H,20,22). The van der Waals surface area contributed by atoms with Gasteiger partial charge in [-0.15, -0.1) is 0 Å². The van der Waals surface area contributed by atoms with Crippen molar-refractivity contribution in [2.24, 2.45) is 0 Å². The van der Waals surface area contributed by atoms with Crippen LogP contribution in [0.3, 0.4) is 0 Å². The molecule has 1 N–H and O–H groups in total. The molecular weight excluding hydrogens is 272 g/mol. The van der Waals surface area contributed by atoms with Crippen LogP contribution in [0.2, 0.25) is 0 Å². The lowest BCUT2D eigenvalue weighted by molar-refractivity contribution is -0.121. The summed E-state index contributed by atoms with van der Waals surface area (Å²) in [5, 5.41) is 3.24. The van der Waals surface area contributed by atoms with Gasteiger partial charge >= 0.3 is 0 Å². The van der Waals surface area contributed by atoms with E-state index in [0.29, 0.717) is 12.5 Å². The second-order valence-corrected chi connectivity index (χ2v) is 6.42. The average Bonchev–Trinajstić information content (AvgIpc) is 2.76. The molecule has 1 fully saturated rings. The Hall–Kier alpha value is -1.51. The molecule has 122 valence electrons. The van der Waals surface area contributed by atoms with E-state index >= 15 is 0 Å². The number of benzene rings is 1. The molecule has 3 nitrogen and oxygen atoms in total. The van der Waals surface area contributed by atoms with Crippen LogP contribution < -0.4 is 10.2 Å². The Bertz CT molecular complexity index is 464. The molecule has 22 heavy (non-hydrogen) atoms. The summed E-state index contributed by atoms with van der Waals surface area (Å²) >= 11 is 0. The third-order valence-electron chi connectivity index (χ3n) is 4.58. The van der Waals surface area contributed by atoms with Gasteiger partial charge < -0.3 is 10.2 Å². The zero-order valence-corrected chi connectivity index (χ0v) is 14.1. The lowest BCUT2D eigenvalue weighted by Crippen LogP contribution is -2.37. The van der Waals surface area contributed by atoms with Crippen LogP contribution in [0, 0.1) is 6.92 Å². The van der Waals surface area contributed by atoms with Gasteiger partial charge in [-0.3, -0.25) is 4.79 Å². The predicted molar refractivity (Wildman–Crippen MR) is 93.3 cm³/mol. The average molecular weight is 302 g/mol. The first kappa shape index (κ1) is 16.9. The number of carbonyl (C=O) groups excluding carboxylic acids is 1. The van der Waals surface area contributed by atoms with Crippen molar-refractivity contribution in [3.05, 3.63) is 29.8 Å². The summed E-state index contributed by atoms with van der Waals surface area (Å²) in [4.78, 5) is 14.5. The van der Waals surface area contributed by atoms with Gasteiger partial charge in [-0.2, -0.15) is 0 Å². The minimum Gasteiger partial charge on any atom is -0.371 e. The minimum atomic E-state index is 0.206. The highest BCUT2D eigenvalue weighted by atomic mass is 16.1. The largest absolute Gasteiger partial charge is 0.371 e. The number of anilines is 1. The Morgan fingerprint density at radius 2 is 1.95 bits per heavy atom. The molecule has 1 aromatic carbocycles. The summed E-state index contributed by atoms with van der Waals surface area (Å²) in [6, 6.07) is 8.91. The first-order chi connectivity index (χ1) is 10.7. The number of carbonyl (C=O) groups is 1. The Balaban J connectivity index is 1.80. The molecular formula is C19H30N2O. The van der Waals surface area contributed by atoms with E-state index in [9.17, 15) is 4.79 Å². The molecule has 0 unspecified atom stereocenters. The van der Waals surface area contributed by atoms with E-state index in [1.165, 1.54) is 36.9 Å². The van der Waals surface area contributed by atoms with Crippen LogP contribution in [0.4, 0.5) is 5.69 Å². The number of aryl methyl sites for hydroxylation is 1. The molecule has 0 aliphatic heterocycles. The van der Waals surface area contributed by atoms with Gasteiger partial charge in [0.25, 0.3) is 0 Å². The van der Waals surface area contributed by atoms with Gasteiger partial charge in [0.2, 0.25) is 5.91 Å². The monoisotopic (exact) mass is 302 g/mol. The molecule has 0 heterocycles. The van der Waals surface area contributed by atoms with Gasteiger partial charge in [0.15, 0.2) is 0 Å². The SMILES string of the molecule is CCN(CCC(=O)NC1CCCCCC1)c1cccc(C)c1. The van der Waals surface area contributed by atoms with Crippen molar-refractivity contribution in [1.82, 2.24) is 5.32 Å². The summed E-state index contributed by atoms with van der Waals surface area (Å²) in [6.07, 6.45) is 8.05.